The Morgan fingerprint density at radius 2 is 1.82 bits per heavy atom. The van der Waals surface area contributed by atoms with Gasteiger partial charge >= 0.3 is 12.2 Å². The molecule has 2 atom stereocenters. The number of rotatable bonds is 6. The molecule has 0 heterocycles. The second kappa shape index (κ2) is 7.88. The number of alkyl halides is 3. The smallest absolute Gasteiger partial charge is 0.419 e. The molecule has 0 spiro atoms. The van der Waals surface area contributed by atoms with Crippen molar-refractivity contribution < 1.29 is 27.8 Å². The highest BCUT2D eigenvalue weighted by Gasteiger charge is 2.34. The Hall–Kier alpha value is -1.96. The van der Waals surface area contributed by atoms with E-state index in [9.17, 15) is 18.0 Å². The summed E-state index contributed by atoms with van der Waals surface area (Å²) in [7, 11) is 0. The number of ether oxygens (including phenoxy) is 1. The first kappa shape index (κ1) is 18.1. The number of aliphatic hydroxyl groups is 1. The Kier molecular flexibility index (Phi) is 6.48. The van der Waals surface area contributed by atoms with Gasteiger partial charge in [-0.15, -0.1) is 0 Å². The van der Waals surface area contributed by atoms with Gasteiger partial charge in [-0.2, -0.15) is 13.2 Å². The summed E-state index contributed by atoms with van der Waals surface area (Å²) >= 11 is 0. The molecule has 0 fully saturated rings. The number of carbonyl (C=O) groups excluding carboxylic acids is 1. The third-order valence-electron chi connectivity index (χ3n) is 2.71. The van der Waals surface area contributed by atoms with Crippen molar-refractivity contribution in [2.45, 2.75) is 32.1 Å². The summed E-state index contributed by atoms with van der Waals surface area (Å²) < 4.78 is 43.5. The molecule has 1 rings (SSSR count). The van der Waals surface area contributed by atoms with E-state index >= 15 is 0 Å². The number of halogens is 3. The standard InChI is InChI=1S/C14H19F3N2O3/c1-9(7-20)18-13(21)19-10(2)8-22-12-6-4-3-5-11(12)14(15,16)17/h3-6,9-10,20H,7-8H2,1-2H3,(H2,18,19,21). The molecule has 0 aliphatic carbocycles. The van der Waals surface area contributed by atoms with Gasteiger partial charge < -0.3 is 20.5 Å². The molecule has 1 aromatic rings. The Bertz CT molecular complexity index is 494. The van der Waals surface area contributed by atoms with Gasteiger partial charge in [-0.3, -0.25) is 0 Å². The predicted molar refractivity (Wildman–Crippen MR) is 74.6 cm³/mol. The summed E-state index contributed by atoms with van der Waals surface area (Å²) in [6, 6.07) is 3.43. The van der Waals surface area contributed by atoms with E-state index in [1.165, 1.54) is 18.2 Å². The van der Waals surface area contributed by atoms with Crippen molar-refractivity contribution in [1.29, 1.82) is 0 Å². The van der Waals surface area contributed by atoms with Gasteiger partial charge in [0.05, 0.1) is 24.3 Å². The van der Waals surface area contributed by atoms with Gasteiger partial charge in [-0.1, -0.05) is 12.1 Å². The molecule has 2 amide bonds. The Balaban J connectivity index is 2.55. The third kappa shape index (κ3) is 5.80. The molecular formula is C14H19F3N2O3. The van der Waals surface area contributed by atoms with Crippen molar-refractivity contribution in [1.82, 2.24) is 10.6 Å². The average Bonchev–Trinajstić information content (AvgIpc) is 2.44. The minimum atomic E-state index is -4.50. The maximum Gasteiger partial charge on any atom is 0.419 e. The second-order valence-electron chi connectivity index (χ2n) is 4.91. The molecule has 3 N–H and O–H groups in total. The number of para-hydroxylation sites is 1. The summed E-state index contributed by atoms with van der Waals surface area (Å²) in [6.07, 6.45) is -4.50. The van der Waals surface area contributed by atoms with Crippen LogP contribution in [0.3, 0.4) is 0 Å². The second-order valence-corrected chi connectivity index (χ2v) is 4.91. The number of nitrogens with one attached hydrogen (secondary N) is 2. The van der Waals surface area contributed by atoms with E-state index < -0.39 is 29.9 Å². The molecule has 124 valence electrons. The molecule has 0 aliphatic heterocycles. The zero-order chi connectivity index (χ0) is 16.8. The zero-order valence-corrected chi connectivity index (χ0v) is 12.3. The highest BCUT2D eigenvalue weighted by atomic mass is 19.4. The number of hydrogen-bond acceptors (Lipinski definition) is 3. The topological polar surface area (TPSA) is 70.6 Å². The van der Waals surface area contributed by atoms with Crippen LogP contribution in [0.1, 0.15) is 19.4 Å². The van der Waals surface area contributed by atoms with Gasteiger partial charge in [-0.05, 0) is 26.0 Å². The van der Waals surface area contributed by atoms with Crippen molar-refractivity contribution in [2.24, 2.45) is 0 Å². The fourth-order valence-electron chi connectivity index (χ4n) is 1.62. The molecule has 22 heavy (non-hydrogen) atoms. The van der Waals surface area contributed by atoms with Crippen LogP contribution in [0, 0.1) is 0 Å². The van der Waals surface area contributed by atoms with Crippen LogP contribution in [-0.4, -0.2) is 36.4 Å². The number of benzene rings is 1. The van der Waals surface area contributed by atoms with Crippen LogP contribution in [0.15, 0.2) is 24.3 Å². The highest BCUT2D eigenvalue weighted by Crippen LogP contribution is 2.35. The zero-order valence-electron chi connectivity index (χ0n) is 12.3. The first-order valence-corrected chi connectivity index (χ1v) is 6.71. The summed E-state index contributed by atoms with van der Waals surface area (Å²) in [6.45, 7) is 2.88. The van der Waals surface area contributed by atoms with Crippen molar-refractivity contribution in [3.63, 3.8) is 0 Å². The fourth-order valence-corrected chi connectivity index (χ4v) is 1.62. The molecule has 0 saturated heterocycles. The number of hydrogen-bond donors (Lipinski definition) is 3. The van der Waals surface area contributed by atoms with E-state index in [1.807, 2.05) is 0 Å². The van der Waals surface area contributed by atoms with Crippen LogP contribution >= 0.6 is 0 Å². The Morgan fingerprint density at radius 1 is 1.23 bits per heavy atom. The van der Waals surface area contributed by atoms with Crippen LogP contribution in [0.25, 0.3) is 0 Å². The van der Waals surface area contributed by atoms with Crippen LogP contribution < -0.4 is 15.4 Å². The van der Waals surface area contributed by atoms with E-state index in [2.05, 4.69) is 10.6 Å². The summed E-state index contributed by atoms with van der Waals surface area (Å²) in [5, 5.41) is 13.8. The molecule has 2 unspecified atom stereocenters. The summed E-state index contributed by atoms with van der Waals surface area (Å²) in [5.41, 5.74) is -0.861. The fraction of sp³-hybridized carbons (Fsp3) is 0.500. The van der Waals surface area contributed by atoms with Crippen molar-refractivity contribution >= 4 is 6.03 Å². The molecule has 0 bridgehead atoms. The predicted octanol–water partition coefficient (Wildman–Crippen LogP) is 2.15. The normalized spacial score (nSPS) is 14.1. The maximum atomic E-state index is 12.8. The first-order chi connectivity index (χ1) is 10.2. The third-order valence-corrected chi connectivity index (χ3v) is 2.71. The molecule has 0 radical (unpaired) electrons. The number of carbonyl (C=O) groups is 1. The van der Waals surface area contributed by atoms with Gasteiger partial charge in [0.25, 0.3) is 0 Å². The summed E-state index contributed by atoms with van der Waals surface area (Å²) in [5.74, 6) is -0.284. The summed E-state index contributed by atoms with van der Waals surface area (Å²) in [4.78, 5) is 11.5. The van der Waals surface area contributed by atoms with Crippen molar-refractivity contribution in [3.05, 3.63) is 29.8 Å². The Labute approximate surface area is 126 Å². The van der Waals surface area contributed by atoms with Gasteiger partial charge in [0.1, 0.15) is 12.4 Å². The molecule has 0 saturated carbocycles. The van der Waals surface area contributed by atoms with Crippen molar-refractivity contribution in [3.8, 4) is 5.75 Å². The number of amides is 2. The maximum absolute atomic E-state index is 12.8. The van der Waals surface area contributed by atoms with E-state index in [-0.39, 0.29) is 19.0 Å². The molecule has 1 aromatic carbocycles. The van der Waals surface area contributed by atoms with Gasteiger partial charge in [0.15, 0.2) is 0 Å². The average molecular weight is 320 g/mol. The van der Waals surface area contributed by atoms with Crippen LogP contribution in [0.5, 0.6) is 5.75 Å². The van der Waals surface area contributed by atoms with Crippen molar-refractivity contribution in [2.75, 3.05) is 13.2 Å². The highest BCUT2D eigenvalue weighted by molar-refractivity contribution is 5.74. The largest absolute Gasteiger partial charge is 0.491 e. The molecule has 0 aromatic heterocycles. The quantitative estimate of drug-likeness (QED) is 0.752. The van der Waals surface area contributed by atoms with Crippen LogP contribution in [0.4, 0.5) is 18.0 Å². The molecular weight excluding hydrogens is 301 g/mol. The van der Waals surface area contributed by atoms with Gasteiger partial charge in [-0.25, -0.2) is 4.79 Å². The molecule has 0 aliphatic rings. The van der Waals surface area contributed by atoms with E-state index in [4.69, 9.17) is 9.84 Å². The van der Waals surface area contributed by atoms with E-state index in [0.29, 0.717) is 0 Å². The number of aliphatic hydroxyl groups excluding tert-OH is 1. The molecule has 8 heteroatoms. The lowest BCUT2D eigenvalue weighted by molar-refractivity contribution is -0.139. The minimum Gasteiger partial charge on any atom is -0.491 e. The van der Waals surface area contributed by atoms with E-state index in [0.717, 1.165) is 6.07 Å². The minimum absolute atomic E-state index is 0.117. The van der Waals surface area contributed by atoms with Crippen LogP contribution in [0.2, 0.25) is 0 Å². The van der Waals surface area contributed by atoms with E-state index in [1.54, 1.807) is 13.8 Å². The number of urea groups is 1. The van der Waals surface area contributed by atoms with Crippen LogP contribution in [-0.2, 0) is 6.18 Å². The lowest BCUT2D eigenvalue weighted by atomic mass is 10.2. The monoisotopic (exact) mass is 320 g/mol. The SMILES string of the molecule is CC(CO)NC(=O)NC(C)COc1ccccc1C(F)(F)F. The lowest BCUT2D eigenvalue weighted by Gasteiger charge is -2.19. The first-order valence-electron chi connectivity index (χ1n) is 6.71. The molecule has 5 nitrogen and oxygen atoms in total. The van der Waals surface area contributed by atoms with Gasteiger partial charge in [0.2, 0.25) is 0 Å². The Morgan fingerprint density at radius 3 is 2.41 bits per heavy atom. The lowest BCUT2D eigenvalue weighted by Crippen LogP contribution is -2.47. The van der Waals surface area contributed by atoms with Gasteiger partial charge in [0, 0.05) is 0 Å².